The molecule has 0 aromatic rings. The van der Waals surface area contributed by atoms with E-state index in [0.717, 1.165) is 19.1 Å². The number of carbonyl (C=O) groups is 1. The van der Waals surface area contributed by atoms with Gasteiger partial charge in [-0.2, -0.15) is 18.0 Å². The van der Waals surface area contributed by atoms with Crippen LogP contribution < -0.4 is 4.72 Å². The predicted octanol–water partition coefficient (Wildman–Crippen LogP) is 0.403. The number of nitriles is 1. The largest absolute Gasteiger partial charge is 0.312 e. The van der Waals surface area contributed by atoms with Gasteiger partial charge in [0.15, 0.2) is 0 Å². The quantitative estimate of drug-likeness (QED) is 0.715. The van der Waals surface area contributed by atoms with Crippen LogP contribution in [0.1, 0.15) is 32.6 Å². The van der Waals surface area contributed by atoms with E-state index in [1.54, 1.807) is 6.92 Å². The molecule has 2 fully saturated rings. The summed E-state index contributed by atoms with van der Waals surface area (Å²) in [4.78, 5) is 12.2. The van der Waals surface area contributed by atoms with Crippen LogP contribution in [0.4, 0.5) is 0 Å². The van der Waals surface area contributed by atoms with Crippen molar-refractivity contribution < 1.29 is 13.2 Å². The monoisotopic (exact) mass is 298 g/mol. The highest BCUT2D eigenvalue weighted by atomic mass is 32.2. The summed E-state index contributed by atoms with van der Waals surface area (Å²) in [5, 5.41) is 16.6. The molecular formula is C12H18N4O3S. The molecule has 2 N–H and O–H groups in total. The molecular weight excluding hydrogens is 280 g/mol. The number of hydrogen-bond donors (Lipinski definition) is 2. The van der Waals surface area contributed by atoms with E-state index < -0.39 is 26.9 Å². The van der Waals surface area contributed by atoms with Gasteiger partial charge in [-0.05, 0) is 25.7 Å². The zero-order valence-electron chi connectivity index (χ0n) is 11.3. The molecule has 2 rings (SSSR count). The van der Waals surface area contributed by atoms with Crippen molar-refractivity contribution in [3.05, 3.63) is 0 Å². The third-order valence-electron chi connectivity index (χ3n) is 4.41. The molecule has 2 aliphatic rings. The Labute approximate surface area is 118 Å². The molecule has 8 heteroatoms. The van der Waals surface area contributed by atoms with Crippen LogP contribution in [0.2, 0.25) is 0 Å². The highest BCUT2D eigenvalue weighted by Gasteiger charge is 2.71. The average molecular weight is 298 g/mol. The van der Waals surface area contributed by atoms with Gasteiger partial charge >= 0.3 is 10.2 Å². The SMILES string of the molecule is CC[C@]1(C#N)C[C@]1(C=N)C(=O)NS(=O)(=O)N1CCCC1. The second kappa shape index (κ2) is 4.82. The van der Waals surface area contributed by atoms with Gasteiger partial charge in [0, 0.05) is 19.3 Å². The van der Waals surface area contributed by atoms with Crippen molar-refractivity contribution in [1.82, 2.24) is 9.03 Å². The Morgan fingerprint density at radius 3 is 2.50 bits per heavy atom. The lowest BCUT2D eigenvalue weighted by molar-refractivity contribution is -0.123. The molecule has 2 atom stereocenters. The summed E-state index contributed by atoms with van der Waals surface area (Å²) in [5.74, 6) is -0.761. The van der Waals surface area contributed by atoms with Crippen LogP contribution in [0.3, 0.4) is 0 Å². The first-order chi connectivity index (χ1) is 9.37. The van der Waals surface area contributed by atoms with Crippen molar-refractivity contribution >= 4 is 22.3 Å². The van der Waals surface area contributed by atoms with E-state index in [9.17, 15) is 18.5 Å². The Morgan fingerprint density at radius 1 is 1.50 bits per heavy atom. The van der Waals surface area contributed by atoms with E-state index in [0.29, 0.717) is 19.5 Å². The van der Waals surface area contributed by atoms with Gasteiger partial charge in [-0.3, -0.25) is 4.79 Å². The van der Waals surface area contributed by atoms with Crippen LogP contribution in [0.25, 0.3) is 0 Å². The lowest BCUT2D eigenvalue weighted by atomic mass is 9.92. The third kappa shape index (κ3) is 2.01. The number of hydrogen-bond acceptors (Lipinski definition) is 5. The predicted molar refractivity (Wildman–Crippen MR) is 72.0 cm³/mol. The normalized spacial score (nSPS) is 33.4. The molecule has 0 bridgehead atoms. The van der Waals surface area contributed by atoms with Crippen LogP contribution >= 0.6 is 0 Å². The van der Waals surface area contributed by atoms with Gasteiger partial charge in [0.2, 0.25) is 5.91 Å². The first-order valence-corrected chi connectivity index (χ1v) is 8.07. The first kappa shape index (κ1) is 14.9. The smallest absolute Gasteiger partial charge is 0.303 e. The molecule has 0 radical (unpaired) electrons. The lowest BCUT2D eigenvalue weighted by Crippen LogP contribution is -2.46. The molecule has 1 saturated carbocycles. The fourth-order valence-electron chi connectivity index (χ4n) is 2.84. The van der Waals surface area contributed by atoms with E-state index in [-0.39, 0.29) is 6.42 Å². The van der Waals surface area contributed by atoms with Crippen LogP contribution in [0.5, 0.6) is 0 Å². The van der Waals surface area contributed by atoms with E-state index in [1.807, 2.05) is 4.72 Å². The molecule has 7 nitrogen and oxygen atoms in total. The van der Waals surface area contributed by atoms with Gasteiger partial charge < -0.3 is 5.41 Å². The number of nitrogens with one attached hydrogen (secondary N) is 2. The number of amides is 1. The molecule has 0 unspecified atom stereocenters. The summed E-state index contributed by atoms with van der Waals surface area (Å²) in [6.07, 6.45) is 3.09. The maximum absolute atomic E-state index is 12.2. The van der Waals surface area contributed by atoms with Crippen molar-refractivity contribution in [2.24, 2.45) is 10.8 Å². The van der Waals surface area contributed by atoms with Crippen LogP contribution in [0.15, 0.2) is 0 Å². The number of rotatable bonds is 5. The van der Waals surface area contributed by atoms with E-state index in [2.05, 4.69) is 6.07 Å². The zero-order chi connectivity index (χ0) is 15.0. The molecule has 1 saturated heterocycles. The molecule has 1 aliphatic heterocycles. The Hall–Kier alpha value is -1.46. The van der Waals surface area contributed by atoms with E-state index in [4.69, 9.17) is 5.41 Å². The second-order valence-electron chi connectivity index (χ2n) is 5.38. The van der Waals surface area contributed by atoms with E-state index >= 15 is 0 Å². The van der Waals surface area contributed by atoms with Crippen molar-refractivity contribution in [2.75, 3.05) is 13.1 Å². The minimum Gasteiger partial charge on any atom is -0.312 e. The third-order valence-corrected chi connectivity index (χ3v) is 5.89. The van der Waals surface area contributed by atoms with Crippen molar-refractivity contribution in [3.8, 4) is 6.07 Å². The van der Waals surface area contributed by atoms with Crippen molar-refractivity contribution in [1.29, 1.82) is 10.7 Å². The van der Waals surface area contributed by atoms with Gasteiger partial charge in [0.1, 0.15) is 5.41 Å². The maximum Gasteiger partial charge on any atom is 0.303 e. The van der Waals surface area contributed by atoms with Gasteiger partial charge in [0.25, 0.3) is 0 Å². The lowest BCUT2D eigenvalue weighted by Gasteiger charge is -2.19. The first-order valence-electron chi connectivity index (χ1n) is 6.63. The van der Waals surface area contributed by atoms with Gasteiger partial charge in [-0.1, -0.05) is 6.92 Å². The number of carbonyl (C=O) groups excluding carboxylic acids is 1. The molecule has 0 aromatic carbocycles. The maximum atomic E-state index is 12.2. The molecule has 0 aromatic heterocycles. The summed E-state index contributed by atoms with van der Waals surface area (Å²) in [6.45, 7) is 2.56. The van der Waals surface area contributed by atoms with Crippen molar-refractivity contribution in [3.63, 3.8) is 0 Å². The number of nitrogens with zero attached hydrogens (tertiary/aromatic N) is 2. The van der Waals surface area contributed by atoms with Gasteiger partial charge in [-0.15, -0.1) is 0 Å². The molecule has 1 heterocycles. The second-order valence-corrected chi connectivity index (χ2v) is 7.05. The zero-order valence-corrected chi connectivity index (χ0v) is 12.2. The minimum atomic E-state index is -3.86. The summed E-state index contributed by atoms with van der Waals surface area (Å²) < 4.78 is 27.4. The molecule has 0 spiro atoms. The fourth-order valence-corrected chi connectivity index (χ4v) is 4.13. The molecule has 20 heavy (non-hydrogen) atoms. The highest BCUT2D eigenvalue weighted by Crippen LogP contribution is 2.64. The van der Waals surface area contributed by atoms with Crippen LogP contribution in [-0.2, 0) is 15.0 Å². The molecule has 1 aliphatic carbocycles. The van der Waals surface area contributed by atoms with Crippen LogP contribution in [-0.4, -0.2) is 37.9 Å². The summed E-state index contributed by atoms with van der Waals surface area (Å²) in [5.41, 5.74) is -2.25. The topological polar surface area (TPSA) is 114 Å². The molecule has 1 amide bonds. The Morgan fingerprint density at radius 2 is 2.10 bits per heavy atom. The Bertz CT molecular complexity index is 576. The minimum absolute atomic E-state index is 0.206. The summed E-state index contributed by atoms with van der Waals surface area (Å²) in [7, 11) is -3.86. The van der Waals surface area contributed by atoms with Crippen molar-refractivity contribution in [2.45, 2.75) is 32.6 Å². The van der Waals surface area contributed by atoms with E-state index in [1.165, 1.54) is 4.31 Å². The Balaban J connectivity index is 2.17. The van der Waals surface area contributed by atoms with Crippen LogP contribution in [0, 0.1) is 27.6 Å². The Kier molecular flexibility index (Phi) is 3.60. The average Bonchev–Trinajstić information content (AvgIpc) is 2.79. The standard InChI is InChI=1S/C12H18N4O3S/c1-2-11(8-13)7-12(11,9-14)10(17)15-20(18,19)16-5-3-4-6-16/h9,14H,2-7H2,1H3,(H,15,17)/t11-,12+/m1/s1. The fraction of sp³-hybridized carbons (Fsp3) is 0.750. The summed E-state index contributed by atoms with van der Waals surface area (Å²) in [6, 6.07) is 2.06. The molecule has 110 valence electrons. The highest BCUT2D eigenvalue weighted by molar-refractivity contribution is 7.87. The van der Waals surface area contributed by atoms with Gasteiger partial charge in [0.05, 0.1) is 11.5 Å². The van der Waals surface area contributed by atoms with Gasteiger partial charge in [-0.25, -0.2) is 4.72 Å². The summed E-state index contributed by atoms with van der Waals surface area (Å²) >= 11 is 0.